The number of hydrogen-bond acceptors (Lipinski definition) is 3. The zero-order chi connectivity index (χ0) is 19.8. The van der Waals surface area contributed by atoms with Crippen LogP contribution >= 0.6 is 0 Å². The van der Waals surface area contributed by atoms with Gasteiger partial charge < -0.3 is 14.8 Å². The van der Waals surface area contributed by atoms with Gasteiger partial charge >= 0.3 is 0 Å². The van der Waals surface area contributed by atoms with Crippen LogP contribution in [0.2, 0.25) is 0 Å². The molecule has 0 unspecified atom stereocenters. The summed E-state index contributed by atoms with van der Waals surface area (Å²) in [6.07, 6.45) is 0.260. The first-order valence-electron chi connectivity index (χ1n) is 9.42. The molecule has 0 spiro atoms. The van der Waals surface area contributed by atoms with Gasteiger partial charge in [-0.05, 0) is 55.3 Å². The largest absolute Gasteiger partial charge is 0.493 e. The van der Waals surface area contributed by atoms with Gasteiger partial charge in [0, 0.05) is 12.1 Å². The van der Waals surface area contributed by atoms with E-state index in [0.717, 1.165) is 17.7 Å². The Morgan fingerprint density at radius 1 is 0.929 bits per heavy atom. The van der Waals surface area contributed by atoms with Crippen molar-refractivity contribution in [1.29, 1.82) is 0 Å². The molecular formula is C24H25NO3. The van der Waals surface area contributed by atoms with E-state index in [1.165, 1.54) is 5.56 Å². The van der Waals surface area contributed by atoms with Gasteiger partial charge in [-0.1, -0.05) is 48.5 Å². The molecule has 144 valence electrons. The summed E-state index contributed by atoms with van der Waals surface area (Å²) in [4.78, 5) is 12.4. The Morgan fingerprint density at radius 3 is 2.32 bits per heavy atom. The summed E-state index contributed by atoms with van der Waals surface area (Å²) >= 11 is 0. The summed E-state index contributed by atoms with van der Waals surface area (Å²) in [7, 11) is 0. The van der Waals surface area contributed by atoms with Gasteiger partial charge in [0.1, 0.15) is 11.5 Å². The number of benzene rings is 3. The summed E-state index contributed by atoms with van der Waals surface area (Å²) in [5.74, 6) is 1.30. The van der Waals surface area contributed by atoms with Crippen molar-refractivity contribution in [1.82, 2.24) is 0 Å². The second kappa shape index (κ2) is 9.60. The number of carbonyl (C=O) groups is 1. The quantitative estimate of drug-likeness (QED) is 0.601. The molecule has 28 heavy (non-hydrogen) atoms. The molecule has 0 bridgehead atoms. The van der Waals surface area contributed by atoms with Gasteiger partial charge in [-0.25, -0.2) is 0 Å². The summed E-state index contributed by atoms with van der Waals surface area (Å²) in [5.41, 5.74) is 2.95. The van der Waals surface area contributed by atoms with Crippen LogP contribution in [0.1, 0.15) is 18.1 Å². The molecule has 0 aliphatic carbocycles. The second-order valence-corrected chi connectivity index (χ2v) is 6.62. The van der Waals surface area contributed by atoms with Gasteiger partial charge in [0.25, 0.3) is 5.91 Å². The molecular weight excluding hydrogens is 350 g/mol. The second-order valence-electron chi connectivity index (χ2n) is 6.62. The van der Waals surface area contributed by atoms with Crippen molar-refractivity contribution in [2.45, 2.75) is 26.4 Å². The normalized spacial score (nSPS) is 11.5. The van der Waals surface area contributed by atoms with Crippen molar-refractivity contribution >= 4 is 11.6 Å². The number of para-hydroxylation sites is 1. The Labute approximate surface area is 166 Å². The number of anilines is 1. The Morgan fingerprint density at radius 2 is 1.61 bits per heavy atom. The van der Waals surface area contributed by atoms with Crippen LogP contribution in [0.15, 0.2) is 78.9 Å². The fourth-order valence-electron chi connectivity index (χ4n) is 2.74. The number of ether oxygens (including phenoxy) is 2. The maximum absolute atomic E-state index is 12.4. The number of hydrogen-bond donors (Lipinski definition) is 1. The van der Waals surface area contributed by atoms with E-state index in [-0.39, 0.29) is 5.91 Å². The van der Waals surface area contributed by atoms with E-state index in [0.29, 0.717) is 18.0 Å². The van der Waals surface area contributed by atoms with Crippen LogP contribution in [-0.2, 0) is 11.2 Å². The van der Waals surface area contributed by atoms with Crippen LogP contribution < -0.4 is 14.8 Å². The monoisotopic (exact) mass is 375 g/mol. The molecule has 3 aromatic carbocycles. The average molecular weight is 375 g/mol. The standard InChI is InChI=1S/C24H25NO3/c1-18-8-6-7-11-23(18)28-19(2)24(26)25-21-12-14-22(15-13-21)27-17-16-20-9-4-3-5-10-20/h3-15,19H,16-17H2,1-2H3,(H,25,26)/t19-/m0/s1. The van der Waals surface area contributed by atoms with E-state index < -0.39 is 6.10 Å². The lowest BCUT2D eigenvalue weighted by Gasteiger charge is -2.16. The first-order valence-corrected chi connectivity index (χ1v) is 9.42. The Balaban J connectivity index is 1.48. The highest BCUT2D eigenvalue weighted by atomic mass is 16.5. The third-order valence-corrected chi connectivity index (χ3v) is 4.39. The van der Waals surface area contributed by atoms with Gasteiger partial charge in [-0.15, -0.1) is 0 Å². The average Bonchev–Trinajstić information content (AvgIpc) is 2.72. The molecule has 0 aromatic heterocycles. The fraction of sp³-hybridized carbons (Fsp3) is 0.208. The first kappa shape index (κ1) is 19.5. The number of amides is 1. The van der Waals surface area contributed by atoms with Crippen molar-refractivity contribution < 1.29 is 14.3 Å². The number of nitrogens with one attached hydrogen (secondary N) is 1. The zero-order valence-corrected chi connectivity index (χ0v) is 16.2. The van der Waals surface area contributed by atoms with Crippen LogP contribution in [-0.4, -0.2) is 18.6 Å². The van der Waals surface area contributed by atoms with Crippen molar-refractivity contribution in [3.63, 3.8) is 0 Å². The Bertz CT molecular complexity index is 891. The number of aryl methyl sites for hydroxylation is 1. The van der Waals surface area contributed by atoms with Gasteiger partial charge in [-0.2, -0.15) is 0 Å². The summed E-state index contributed by atoms with van der Waals surface area (Å²) in [6.45, 7) is 4.30. The molecule has 3 rings (SSSR count). The van der Waals surface area contributed by atoms with Crippen molar-refractivity contribution in [3.8, 4) is 11.5 Å². The van der Waals surface area contributed by atoms with Gasteiger partial charge in [-0.3, -0.25) is 4.79 Å². The van der Waals surface area contributed by atoms with Crippen LogP contribution in [0.4, 0.5) is 5.69 Å². The van der Waals surface area contributed by atoms with E-state index in [4.69, 9.17) is 9.47 Å². The molecule has 0 fully saturated rings. The molecule has 0 aliphatic heterocycles. The topological polar surface area (TPSA) is 47.6 Å². The lowest BCUT2D eigenvalue weighted by molar-refractivity contribution is -0.122. The summed E-state index contributed by atoms with van der Waals surface area (Å²) in [6, 6.07) is 25.2. The SMILES string of the molecule is Cc1ccccc1O[C@@H](C)C(=O)Nc1ccc(OCCc2ccccc2)cc1. The smallest absolute Gasteiger partial charge is 0.265 e. The van der Waals surface area contributed by atoms with Crippen molar-refractivity contribution in [2.24, 2.45) is 0 Å². The molecule has 0 heterocycles. The maximum atomic E-state index is 12.4. The van der Waals surface area contributed by atoms with E-state index in [2.05, 4.69) is 17.4 Å². The van der Waals surface area contributed by atoms with Crippen LogP contribution in [0.3, 0.4) is 0 Å². The van der Waals surface area contributed by atoms with Gasteiger partial charge in [0.2, 0.25) is 0 Å². The predicted octanol–water partition coefficient (Wildman–Crippen LogP) is 5.02. The third kappa shape index (κ3) is 5.61. The predicted molar refractivity (Wildman–Crippen MR) is 112 cm³/mol. The van der Waals surface area contributed by atoms with Crippen LogP contribution in [0, 0.1) is 6.92 Å². The fourth-order valence-corrected chi connectivity index (χ4v) is 2.74. The molecule has 4 heteroatoms. The van der Waals surface area contributed by atoms with E-state index in [9.17, 15) is 4.79 Å². The summed E-state index contributed by atoms with van der Waals surface area (Å²) in [5, 5.41) is 2.87. The van der Waals surface area contributed by atoms with Crippen molar-refractivity contribution in [2.75, 3.05) is 11.9 Å². The van der Waals surface area contributed by atoms with E-state index >= 15 is 0 Å². The Hall–Kier alpha value is -3.27. The molecule has 0 saturated heterocycles. The molecule has 1 amide bonds. The first-order chi connectivity index (χ1) is 13.6. The van der Waals surface area contributed by atoms with Gasteiger partial charge in [0.05, 0.1) is 6.61 Å². The molecule has 0 radical (unpaired) electrons. The third-order valence-electron chi connectivity index (χ3n) is 4.39. The molecule has 4 nitrogen and oxygen atoms in total. The highest BCUT2D eigenvalue weighted by molar-refractivity contribution is 5.94. The molecule has 1 N–H and O–H groups in total. The minimum absolute atomic E-state index is 0.194. The molecule has 3 aromatic rings. The maximum Gasteiger partial charge on any atom is 0.265 e. The number of carbonyl (C=O) groups excluding carboxylic acids is 1. The lowest BCUT2D eigenvalue weighted by atomic mass is 10.2. The zero-order valence-electron chi connectivity index (χ0n) is 16.2. The lowest BCUT2D eigenvalue weighted by Crippen LogP contribution is -2.30. The highest BCUT2D eigenvalue weighted by Gasteiger charge is 2.15. The minimum Gasteiger partial charge on any atom is -0.493 e. The molecule has 0 aliphatic rings. The highest BCUT2D eigenvalue weighted by Crippen LogP contribution is 2.19. The minimum atomic E-state index is -0.595. The van der Waals surface area contributed by atoms with Crippen LogP contribution in [0.25, 0.3) is 0 Å². The Kier molecular flexibility index (Phi) is 6.68. The van der Waals surface area contributed by atoms with Gasteiger partial charge in [0.15, 0.2) is 6.10 Å². The van der Waals surface area contributed by atoms with Crippen LogP contribution in [0.5, 0.6) is 11.5 Å². The molecule has 0 saturated carbocycles. The summed E-state index contributed by atoms with van der Waals surface area (Å²) < 4.78 is 11.5. The number of rotatable bonds is 8. The van der Waals surface area contributed by atoms with E-state index in [1.807, 2.05) is 73.7 Å². The van der Waals surface area contributed by atoms with E-state index in [1.54, 1.807) is 6.92 Å². The molecule has 1 atom stereocenters. The van der Waals surface area contributed by atoms with Crippen molar-refractivity contribution in [3.05, 3.63) is 90.0 Å².